The van der Waals surface area contributed by atoms with E-state index in [0.717, 1.165) is 12.1 Å². The van der Waals surface area contributed by atoms with Crippen LogP contribution in [-0.4, -0.2) is 29.7 Å². The number of nitro groups is 1. The molecule has 1 aromatic carbocycles. The average molecular weight is 348 g/mol. The van der Waals surface area contributed by atoms with E-state index in [1.165, 1.54) is 0 Å². The Morgan fingerprint density at radius 3 is 2.61 bits per heavy atom. The van der Waals surface area contributed by atoms with Crippen LogP contribution in [0, 0.1) is 15.9 Å². The molecule has 1 amide bonds. The number of benzene rings is 1. The minimum Gasteiger partial charge on any atom is -0.444 e. The second kappa shape index (κ2) is 7.96. The van der Waals surface area contributed by atoms with Crippen LogP contribution in [0.25, 0.3) is 0 Å². The van der Waals surface area contributed by atoms with Crippen LogP contribution in [-0.2, 0) is 4.74 Å². The molecule has 0 saturated carbocycles. The summed E-state index contributed by atoms with van der Waals surface area (Å²) in [5.41, 5.74) is -0.852. The van der Waals surface area contributed by atoms with Gasteiger partial charge in [-0.2, -0.15) is 0 Å². The van der Waals surface area contributed by atoms with E-state index in [1.807, 2.05) is 0 Å². The van der Waals surface area contributed by atoms with E-state index < -0.39 is 22.4 Å². The number of nitrogens with zero attached hydrogens (tertiary/aromatic N) is 1. The molecule has 0 atom stereocenters. The minimum atomic E-state index is -0.744. The molecule has 0 radical (unpaired) electrons. The number of hydrogen-bond acceptors (Lipinski definition) is 5. The van der Waals surface area contributed by atoms with Crippen LogP contribution in [0.3, 0.4) is 0 Å². The quantitative estimate of drug-likeness (QED) is 0.464. The summed E-state index contributed by atoms with van der Waals surface area (Å²) < 4.78 is 18.5. The Bertz CT molecular complexity index is 590. The van der Waals surface area contributed by atoms with E-state index in [9.17, 15) is 19.3 Å². The molecule has 1 rings (SSSR count). The molecule has 2 N–H and O–H groups in total. The maximum absolute atomic E-state index is 13.4. The van der Waals surface area contributed by atoms with E-state index >= 15 is 0 Å². The van der Waals surface area contributed by atoms with E-state index in [1.54, 1.807) is 20.8 Å². The van der Waals surface area contributed by atoms with E-state index in [0.29, 0.717) is 19.5 Å². The predicted molar refractivity (Wildman–Crippen MR) is 85.4 cm³/mol. The molecule has 0 fully saturated rings. The van der Waals surface area contributed by atoms with Crippen molar-refractivity contribution in [3.05, 3.63) is 33.1 Å². The molecule has 0 heterocycles. The van der Waals surface area contributed by atoms with Crippen LogP contribution < -0.4 is 10.6 Å². The number of rotatable bonds is 6. The zero-order valence-electron chi connectivity index (χ0n) is 13.1. The highest BCUT2D eigenvalue weighted by Crippen LogP contribution is 2.30. The summed E-state index contributed by atoms with van der Waals surface area (Å²) in [5.74, 6) is -0.744. The van der Waals surface area contributed by atoms with Crippen LogP contribution in [0.15, 0.2) is 12.1 Å². The van der Waals surface area contributed by atoms with Crippen molar-refractivity contribution in [3.63, 3.8) is 0 Å². The molecule has 7 nitrogen and oxygen atoms in total. The summed E-state index contributed by atoms with van der Waals surface area (Å²) in [5, 5.41) is 15.9. The van der Waals surface area contributed by atoms with Crippen molar-refractivity contribution < 1.29 is 18.8 Å². The lowest BCUT2D eigenvalue weighted by Gasteiger charge is -2.19. The molecule has 0 saturated heterocycles. The smallest absolute Gasteiger partial charge is 0.407 e. The number of carbonyl (C=O) groups is 1. The molecule has 0 aliphatic heterocycles. The first-order valence-corrected chi connectivity index (χ1v) is 7.32. The Balaban J connectivity index is 2.46. The second-order valence-corrected chi connectivity index (χ2v) is 6.16. The molecule has 0 aliphatic carbocycles. The average Bonchev–Trinajstić information content (AvgIpc) is 2.39. The fourth-order valence-corrected chi connectivity index (χ4v) is 1.80. The summed E-state index contributed by atoms with van der Waals surface area (Å²) in [6.07, 6.45) is -0.0679. The van der Waals surface area contributed by atoms with Crippen LogP contribution in [0.5, 0.6) is 0 Å². The van der Waals surface area contributed by atoms with Gasteiger partial charge in [0.15, 0.2) is 0 Å². The lowest BCUT2D eigenvalue weighted by Crippen LogP contribution is -2.33. The monoisotopic (exact) mass is 347 g/mol. The van der Waals surface area contributed by atoms with E-state index in [2.05, 4.69) is 10.6 Å². The zero-order chi connectivity index (χ0) is 17.6. The molecule has 0 spiro atoms. The maximum Gasteiger partial charge on any atom is 0.407 e. The van der Waals surface area contributed by atoms with Gasteiger partial charge in [-0.3, -0.25) is 10.1 Å². The number of hydrogen-bond donors (Lipinski definition) is 2. The SMILES string of the molecule is CC(C)(C)OC(=O)NCCCNc1cc(F)c(Cl)cc1[N+](=O)[O-]. The molecule has 0 aliphatic rings. The van der Waals surface area contributed by atoms with Crippen molar-refractivity contribution in [1.29, 1.82) is 0 Å². The fourth-order valence-electron chi connectivity index (χ4n) is 1.65. The summed E-state index contributed by atoms with van der Waals surface area (Å²) in [4.78, 5) is 21.7. The molecule has 23 heavy (non-hydrogen) atoms. The topological polar surface area (TPSA) is 93.5 Å². The minimum absolute atomic E-state index is 0.0363. The molecular weight excluding hydrogens is 329 g/mol. The molecule has 0 aromatic heterocycles. The third-order valence-corrected chi connectivity index (χ3v) is 2.86. The molecule has 0 bridgehead atoms. The summed E-state index contributed by atoms with van der Waals surface area (Å²) in [6, 6.07) is 1.93. The van der Waals surface area contributed by atoms with Crippen LogP contribution >= 0.6 is 11.6 Å². The number of nitrogens with one attached hydrogen (secondary N) is 2. The van der Waals surface area contributed by atoms with Gasteiger partial charge in [0.1, 0.15) is 17.1 Å². The Kier molecular flexibility index (Phi) is 6.56. The van der Waals surface area contributed by atoms with Crippen molar-refractivity contribution >= 4 is 29.1 Å². The van der Waals surface area contributed by atoms with E-state index in [4.69, 9.17) is 16.3 Å². The standard InChI is InChI=1S/C14H19ClFN3O4/c1-14(2,3)23-13(20)18-6-4-5-17-11-8-10(16)9(15)7-12(11)19(21)22/h7-8,17H,4-6H2,1-3H3,(H,18,20). The molecule has 1 aromatic rings. The van der Waals surface area contributed by atoms with Crippen molar-refractivity contribution in [2.75, 3.05) is 18.4 Å². The number of carbonyl (C=O) groups excluding carboxylic acids is 1. The number of nitro benzene ring substituents is 1. The fraction of sp³-hybridized carbons (Fsp3) is 0.500. The molecule has 9 heteroatoms. The van der Waals surface area contributed by atoms with Crippen molar-refractivity contribution in [2.45, 2.75) is 32.8 Å². The normalized spacial score (nSPS) is 11.0. The largest absolute Gasteiger partial charge is 0.444 e. The van der Waals surface area contributed by atoms with Crippen molar-refractivity contribution in [2.24, 2.45) is 0 Å². The number of ether oxygens (including phenoxy) is 1. The molecule has 128 valence electrons. The van der Waals surface area contributed by atoms with Gasteiger partial charge in [-0.15, -0.1) is 0 Å². The third-order valence-electron chi connectivity index (χ3n) is 2.57. The van der Waals surface area contributed by atoms with Gasteiger partial charge in [0.25, 0.3) is 5.69 Å². The van der Waals surface area contributed by atoms with Gasteiger partial charge in [0.05, 0.1) is 9.95 Å². The van der Waals surface area contributed by atoms with Gasteiger partial charge in [0.2, 0.25) is 0 Å². The Morgan fingerprint density at radius 1 is 1.39 bits per heavy atom. The lowest BCUT2D eigenvalue weighted by molar-refractivity contribution is -0.384. The maximum atomic E-state index is 13.4. The summed E-state index contributed by atoms with van der Waals surface area (Å²) >= 11 is 5.53. The van der Waals surface area contributed by atoms with Crippen molar-refractivity contribution in [3.8, 4) is 0 Å². The summed E-state index contributed by atoms with van der Waals surface area (Å²) in [7, 11) is 0. The highest BCUT2D eigenvalue weighted by molar-refractivity contribution is 6.31. The Morgan fingerprint density at radius 2 is 2.04 bits per heavy atom. The lowest BCUT2D eigenvalue weighted by atomic mass is 10.2. The first-order valence-electron chi connectivity index (χ1n) is 6.94. The number of anilines is 1. The first kappa shape index (κ1) is 19.0. The molecule has 0 unspecified atom stereocenters. The first-order chi connectivity index (χ1) is 10.6. The van der Waals surface area contributed by atoms with Gasteiger partial charge >= 0.3 is 6.09 Å². The Labute approximate surface area is 138 Å². The van der Waals surface area contributed by atoms with Gasteiger partial charge < -0.3 is 15.4 Å². The number of halogens is 2. The zero-order valence-corrected chi connectivity index (χ0v) is 13.9. The predicted octanol–water partition coefficient (Wildman–Crippen LogP) is 3.71. The highest BCUT2D eigenvalue weighted by Gasteiger charge is 2.18. The summed E-state index contributed by atoms with van der Waals surface area (Å²) in [6.45, 7) is 5.87. The van der Waals surface area contributed by atoms with Crippen LogP contribution in [0.1, 0.15) is 27.2 Å². The van der Waals surface area contributed by atoms with E-state index in [-0.39, 0.29) is 16.4 Å². The van der Waals surface area contributed by atoms with Gasteiger partial charge in [0, 0.05) is 25.2 Å². The highest BCUT2D eigenvalue weighted by atomic mass is 35.5. The van der Waals surface area contributed by atoms with Gasteiger partial charge in [-0.25, -0.2) is 9.18 Å². The second-order valence-electron chi connectivity index (χ2n) is 5.75. The van der Waals surface area contributed by atoms with Crippen LogP contribution in [0.4, 0.5) is 20.6 Å². The van der Waals surface area contributed by atoms with Crippen LogP contribution in [0.2, 0.25) is 5.02 Å². The van der Waals surface area contributed by atoms with Gasteiger partial charge in [-0.05, 0) is 27.2 Å². The Hall–Kier alpha value is -2.09. The third kappa shape index (κ3) is 6.68. The number of amides is 1. The van der Waals surface area contributed by atoms with Crippen molar-refractivity contribution in [1.82, 2.24) is 5.32 Å². The molecular formula is C14H19ClFN3O4. The number of alkyl carbamates (subject to hydrolysis) is 1. The van der Waals surface area contributed by atoms with Gasteiger partial charge in [-0.1, -0.05) is 11.6 Å².